The SMILES string of the molecule is CS(=O)(=O)N1CCN(CCNC(=O)c2cc(Cl)ccc2Cl)CC1. The van der Waals surface area contributed by atoms with Gasteiger partial charge in [0.15, 0.2) is 0 Å². The van der Waals surface area contributed by atoms with E-state index in [0.717, 1.165) is 0 Å². The van der Waals surface area contributed by atoms with Crippen molar-refractivity contribution in [2.75, 3.05) is 45.5 Å². The molecule has 1 amide bonds. The molecule has 1 fully saturated rings. The topological polar surface area (TPSA) is 69.7 Å². The van der Waals surface area contributed by atoms with Gasteiger partial charge in [0.25, 0.3) is 5.91 Å². The molecule has 6 nitrogen and oxygen atoms in total. The lowest BCUT2D eigenvalue weighted by Crippen LogP contribution is -2.49. The molecule has 23 heavy (non-hydrogen) atoms. The Morgan fingerprint density at radius 3 is 2.48 bits per heavy atom. The molecule has 0 atom stereocenters. The Labute approximate surface area is 146 Å². The fourth-order valence-corrected chi connectivity index (χ4v) is 3.58. The van der Waals surface area contributed by atoms with Crippen molar-refractivity contribution in [2.24, 2.45) is 0 Å². The number of carbonyl (C=O) groups is 1. The number of hydrogen-bond acceptors (Lipinski definition) is 4. The molecule has 1 aromatic rings. The van der Waals surface area contributed by atoms with Gasteiger partial charge in [0.2, 0.25) is 10.0 Å². The Bertz CT molecular complexity index is 674. The van der Waals surface area contributed by atoms with Crippen LogP contribution in [-0.4, -0.2) is 69.1 Å². The molecule has 0 bridgehead atoms. The number of sulfonamides is 1. The van der Waals surface area contributed by atoms with E-state index >= 15 is 0 Å². The monoisotopic (exact) mass is 379 g/mol. The first-order valence-electron chi connectivity index (χ1n) is 7.18. The van der Waals surface area contributed by atoms with E-state index in [9.17, 15) is 13.2 Å². The van der Waals surface area contributed by atoms with Crippen molar-refractivity contribution >= 4 is 39.1 Å². The van der Waals surface area contributed by atoms with E-state index in [1.54, 1.807) is 12.1 Å². The van der Waals surface area contributed by atoms with Crippen molar-refractivity contribution < 1.29 is 13.2 Å². The summed E-state index contributed by atoms with van der Waals surface area (Å²) < 4.78 is 24.3. The van der Waals surface area contributed by atoms with Crippen LogP contribution in [0.25, 0.3) is 0 Å². The number of nitrogens with one attached hydrogen (secondary N) is 1. The summed E-state index contributed by atoms with van der Waals surface area (Å²) in [5.41, 5.74) is 0.348. The van der Waals surface area contributed by atoms with Crippen molar-refractivity contribution in [3.63, 3.8) is 0 Å². The van der Waals surface area contributed by atoms with Crippen LogP contribution in [0.5, 0.6) is 0 Å². The van der Waals surface area contributed by atoms with Crippen LogP contribution in [0.3, 0.4) is 0 Å². The van der Waals surface area contributed by atoms with Crippen LogP contribution in [-0.2, 0) is 10.0 Å². The minimum atomic E-state index is -3.12. The quantitative estimate of drug-likeness (QED) is 0.836. The lowest BCUT2D eigenvalue weighted by atomic mass is 10.2. The van der Waals surface area contributed by atoms with E-state index in [-0.39, 0.29) is 5.91 Å². The van der Waals surface area contributed by atoms with Crippen LogP contribution in [0.4, 0.5) is 0 Å². The van der Waals surface area contributed by atoms with E-state index in [4.69, 9.17) is 23.2 Å². The average molecular weight is 380 g/mol. The summed E-state index contributed by atoms with van der Waals surface area (Å²) >= 11 is 11.9. The average Bonchev–Trinajstić information content (AvgIpc) is 2.49. The summed E-state index contributed by atoms with van der Waals surface area (Å²) in [4.78, 5) is 14.2. The molecule has 0 spiro atoms. The van der Waals surface area contributed by atoms with Crippen LogP contribution in [0.1, 0.15) is 10.4 Å². The van der Waals surface area contributed by atoms with Gasteiger partial charge in [0.1, 0.15) is 0 Å². The highest BCUT2D eigenvalue weighted by Gasteiger charge is 2.23. The third-order valence-electron chi connectivity index (χ3n) is 3.69. The Balaban J connectivity index is 1.78. The van der Waals surface area contributed by atoms with Crippen molar-refractivity contribution in [1.29, 1.82) is 0 Å². The number of amides is 1. The normalized spacial score (nSPS) is 17.2. The van der Waals surface area contributed by atoms with E-state index in [1.165, 1.54) is 16.6 Å². The molecule has 0 unspecified atom stereocenters. The summed E-state index contributed by atoms with van der Waals surface area (Å²) in [6, 6.07) is 4.75. The van der Waals surface area contributed by atoms with Gasteiger partial charge in [0.05, 0.1) is 16.8 Å². The molecule has 0 radical (unpaired) electrons. The first-order chi connectivity index (χ1) is 10.8. The summed E-state index contributed by atoms with van der Waals surface area (Å²) in [7, 11) is -3.12. The van der Waals surface area contributed by atoms with E-state index in [1.807, 2.05) is 0 Å². The maximum Gasteiger partial charge on any atom is 0.252 e. The van der Waals surface area contributed by atoms with Crippen molar-refractivity contribution in [3.8, 4) is 0 Å². The zero-order chi connectivity index (χ0) is 17.0. The number of hydrogen-bond donors (Lipinski definition) is 1. The van der Waals surface area contributed by atoms with E-state index in [0.29, 0.717) is 54.9 Å². The number of piperazine rings is 1. The largest absolute Gasteiger partial charge is 0.351 e. The fourth-order valence-electron chi connectivity index (χ4n) is 2.38. The van der Waals surface area contributed by atoms with Crippen LogP contribution < -0.4 is 5.32 Å². The predicted molar refractivity (Wildman–Crippen MR) is 91.7 cm³/mol. The molecular formula is C14H19Cl2N3O3S. The van der Waals surface area contributed by atoms with Gasteiger partial charge >= 0.3 is 0 Å². The zero-order valence-electron chi connectivity index (χ0n) is 12.8. The van der Waals surface area contributed by atoms with Gasteiger partial charge in [-0.15, -0.1) is 0 Å². The van der Waals surface area contributed by atoms with Crippen LogP contribution >= 0.6 is 23.2 Å². The first-order valence-corrected chi connectivity index (χ1v) is 9.78. The molecule has 2 rings (SSSR count). The Kier molecular flexibility index (Phi) is 6.27. The van der Waals surface area contributed by atoms with Gasteiger partial charge in [-0.1, -0.05) is 23.2 Å². The fraction of sp³-hybridized carbons (Fsp3) is 0.500. The van der Waals surface area contributed by atoms with Crippen molar-refractivity contribution in [2.45, 2.75) is 0 Å². The van der Waals surface area contributed by atoms with Crippen molar-refractivity contribution in [1.82, 2.24) is 14.5 Å². The molecule has 1 N–H and O–H groups in total. The van der Waals surface area contributed by atoms with Gasteiger partial charge in [-0.05, 0) is 18.2 Å². The van der Waals surface area contributed by atoms with Gasteiger partial charge in [-0.2, -0.15) is 4.31 Å². The predicted octanol–water partition coefficient (Wildman–Crippen LogP) is 1.30. The molecule has 9 heteroatoms. The highest BCUT2D eigenvalue weighted by atomic mass is 35.5. The molecule has 0 aromatic heterocycles. The second-order valence-corrected chi connectivity index (χ2v) is 8.21. The minimum Gasteiger partial charge on any atom is -0.351 e. The Hall–Kier alpha value is -0.860. The maximum atomic E-state index is 12.1. The second-order valence-electron chi connectivity index (χ2n) is 5.38. The van der Waals surface area contributed by atoms with Crippen LogP contribution in [0, 0.1) is 0 Å². The molecule has 0 aliphatic carbocycles. The lowest BCUT2D eigenvalue weighted by Gasteiger charge is -2.33. The number of carbonyl (C=O) groups excluding carboxylic acids is 1. The summed E-state index contributed by atoms with van der Waals surface area (Å²) in [5, 5.41) is 3.61. The van der Waals surface area contributed by atoms with E-state index < -0.39 is 10.0 Å². The molecule has 128 valence electrons. The molecule has 0 saturated carbocycles. The lowest BCUT2D eigenvalue weighted by molar-refractivity contribution is 0.0945. The Morgan fingerprint density at radius 2 is 1.87 bits per heavy atom. The summed E-state index contributed by atoms with van der Waals surface area (Å²) in [6.45, 7) is 3.38. The number of benzene rings is 1. The number of halogens is 2. The van der Waals surface area contributed by atoms with Gasteiger partial charge < -0.3 is 5.32 Å². The minimum absolute atomic E-state index is 0.271. The van der Waals surface area contributed by atoms with Crippen molar-refractivity contribution in [3.05, 3.63) is 33.8 Å². The second kappa shape index (κ2) is 7.81. The zero-order valence-corrected chi connectivity index (χ0v) is 15.1. The van der Waals surface area contributed by atoms with Gasteiger partial charge in [-0.3, -0.25) is 9.69 Å². The third kappa shape index (κ3) is 5.32. The van der Waals surface area contributed by atoms with Crippen LogP contribution in [0.15, 0.2) is 18.2 Å². The molecule has 1 aliphatic rings. The molecular weight excluding hydrogens is 361 g/mol. The van der Waals surface area contributed by atoms with Gasteiger partial charge in [-0.25, -0.2) is 8.42 Å². The summed E-state index contributed by atoms with van der Waals surface area (Å²) in [5.74, 6) is -0.271. The third-order valence-corrected chi connectivity index (χ3v) is 5.55. The highest BCUT2D eigenvalue weighted by molar-refractivity contribution is 7.88. The summed E-state index contributed by atoms with van der Waals surface area (Å²) in [6.07, 6.45) is 1.22. The molecule has 1 heterocycles. The standard InChI is InChI=1S/C14H19Cl2N3O3S/c1-23(21,22)19-8-6-18(7-9-19)5-4-17-14(20)12-10-11(15)2-3-13(12)16/h2-3,10H,4-9H2,1H3,(H,17,20). The molecule has 1 saturated heterocycles. The molecule has 1 aromatic carbocycles. The van der Waals surface area contributed by atoms with E-state index in [2.05, 4.69) is 10.2 Å². The highest BCUT2D eigenvalue weighted by Crippen LogP contribution is 2.20. The smallest absolute Gasteiger partial charge is 0.252 e. The van der Waals surface area contributed by atoms with Crippen LogP contribution in [0.2, 0.25) is 10.0 Å². The molecule has 1 aliphatic heterocycles. The Morgan fingerprint density at radius 1 is 1.22 bits per heavy atom. The first kappa shape index (κ1) is 18.5. The number of rotatable bonds is 5. The number of nitrogens with zero attached hydrogens (tertiary/aromatic N) is 2. The van der Waals surface area contributed by atoms with Gasteiger partial charge in [0, 0.05) is 44.3 Å². The maximum absolute atomic E-state index is 12.1.